The van der Waals surface area contributed by atoms with E-state index in [1.54, 1.807) is 13.8 Å². The summed E-state index contributed by atoms with van der Waals surface area (Å²) in [5.41, 5.74) is 16.3. The molecule has 15 heteroatoms. The molecule has 0 fully saturated rings. The molecule has 1 aromatic rings. The second-order valence-corrected chi connectivity index (χ2v) is 7.92. The van der Waals surface area contributed by atoms with Gasteiger partial charge in [-0.15, -0.1) is 0 Å². The smallest absolute Gasteiger partial charge is 0.326 e. The number of nitrogens with one attached hydrogen (secondary N) is 4. The summed E-state index contributed by atoms with van der Waals surface area (Å²) < 4.78 is 0. The minimum Gasteiger partial charge on any atom is -0.480 e. The third-order valence-electron chi connectivity index (χ3n) is 4.64. The number of hydrogen-bond acceptors (Lipinski definition) is 8. The highest BCUT2D eigenvalue weighted by atomic mass is 16.4. The highest BCUT2D eigenvalue weighted by molar-refractivity contribution is 5.96. The van der Waals surface area contributed by atoms with Gasteiger partial charge in [0, 0.05) is 18.3 Å². The van der Waals surface area contributed by atoms with Crippen LogP contribution in [0.3, 0.4) is 0 Å². The Morgan fingerprint density at radius 1 is 0.941 bits per heavy atom. The molecule has 0 aliphatic carbocycles. The first-order chi connectivity index (χ1) is 15.8. The molecule has 4 unspecified atom stereocenters. The molecule has 1 aromatic heterocycles. The average molecular weight is 482 g/mol. The van der Waals surface area contributed by atoms with Crippen LogP contribution in [0.4, 0.5) is 0 Å². The number of nitrogens with zero attached hydrogens (tertiary/aromatic N) is 1. The van der Waals surface area contributed by atoms with Crippen molar-refractivity contribution in [3.8, 4) is 0 Å². The number of primary amides is 2. The summed E-state index contributed by atoms with van der Waals surface area (Å²) in [6.45, 7) is 3.12. The van der Waals surface area contributed by atoms with Crippen LogP contribution >= 0.6 is 0 Å². The molecule has 11 N–H and O–H groups in total. The summed E-state index contributed by atoms with van der Waals surface area (Å²) in [5, 5.41) is 16.2. The van der Waals surface area contributed by atoms with E-state index in [9.17, 15) is 33.9 Å². The number of carbonyl (C=O) groups is 6. The largest absolute Gasteiger partial charge is 0.480 e. The van der Waals surface area contributed by atoms with Crippen LogP contribution in [-0.4, -0.2) is 74.7 Å². The van der Waals surface area contributed by atoms with Crippen molar-refractivity contribution in [3.05, 3.63) is 18.2 Å². The molecule has 4 atom stereocenters. The number of carboxylic acid groups (broad SMARTS) is 1. The lowest BCUT2D eigenvalue weighted by Gasteiger charge is -2.25. The molecule has 0 saturated carbocycles. The van der Waals surface area contributed by atoms with Crippen LogP contribution in [0.2, 0.25) is 0 Å². The number of carbonyl (C=O) groups excluding carboxylic acids is 5. The Morgan fingerprint density at radius 2 is 1.50 bits per heavy atom. The highest BCUT2D eigenvalue weighted by Crippen LogP contribution is 2.05. The number of carboxylic acids is 1. The fourth-order valence-corrected chi connectivity index (χ4v) is 2.86. The Kier molecular flexibility index (Phi) is 10.6. The zero-order chi connectivity index (χ0) is 26.0. The van der Waals surface area contributed by atoms with E-state index in [-0.39, 0.29) is 6.42 Å². The Balaban J connectivity index is 3.07. The van der Waals surface area contributed by atoms with Gasteiger partial charge in [-0.1, -0.05) is 13.8 Å². The van der Waals surface area contributed by atoms with Crippen molar-refractivity contribution in [2.45, 2.75) is 57.3 Å². The van der Waals surface area contributed by atoms with Gasteiger partial charge in [-0.2, -0.15) is 0 Å². The summed E-state index contributed by atoms with van der Waals surface area (Å²) in [6, 6.07) is -5.45. The molecule has 0 spiro atoms. The van der Waals surface area contributed by atoms with Crippen LogP contribution in [0.25, 0.3) is 0 Å². The molecule has 1 rings (SSSR count). The zero-order valence-electron chi connectivity index (χ0n) is 18.7. The Morgan fingerprint density at radius 3 is 1.97 bits per heavy atom. The maximum Gasteiger partial charge on any atom is 0.326 e. The van der Waals surface area contributed by atoms with Gasteiger partial charge < -0.3 is 43.2 Å². The van der Waals surface area contributed by atoms with Crippen LogP contribution < -0.4 is 33.2 Å². The molecule has 0 aromatic carbocycles. The van der Waals surface area contributed by atoms with Crippen LogP contribution in [0.1, 0.15) is 32.4 Å². The van der Waals surface area contributed by atoms with Crippen molar-refractivity contribution in [3.63, 3.8) is 0 Å². The monoisotopic (exact) mass is 482 g/mol. The number of hydrogen-bond donors (Lipinski definition) is 8. The molecule has 0 aliphatic heterocycles. The van der Waals surface area contributed by atoms with Crippen molar-refractivity contribution in [1.82, 2.24) is 25.9 Å². The van der Waals surface area contributed by atoms with Crippen LogP contribution in [0, 0.1) is 5.92 Å². The number of amides is 5. The number of rotatable bonds is 14. The second kappa shape index (κ2) is 12.9. The van der Waals surface area contributed by atoms with Gasteiger partial charge >= 0.3 is 5.97 Å². The van der Waals surface area contributed by atoms with E-state index in [1.165, 1.54) is 12.5 Å². The first-order valence-electron chi connectivity index (χ1n) is 10.2. The molecule has 15 nitrogen and oxygen atoms in total. The fraction of sp³-hybridized carbons (Fsp3) is 0.526. The van der Waals surface area contributed by atoms with Crippen molar-refractivity contribution in [1.29, 1.82) is 0 Å². The van der Waals surface area contributed by atoms with Crippen LogP contribution in [0.15, 0.2) is 12.5 Å². The maximum absolute atomic E-state index is 13.0. The predicted octanol–water partition coefficient (Wildman–Crippen LogP) is -3.77. The Labute approximate surface area is 194 Å². The standard InChI is InChI=1S/C19H30N8O7/c1-8(2)15(19(33)34)27-18(32)12(5-14(22)29)26-17(31)11(3-9-6-23-7-24-9)25-16(30)10(20)4-13(21)28/h6-8,10-12,15H,3-5,20H2,1-2H3,(H2,21,28)(H2,22,29)(H,23,24)(H,25,30)(H,26,31)(H,27,32)(H,33,34). The number of aromatic amines is 1. The van der Waals surface area contributed by atoms with Crippen molar-refractivity contribution >= 4 is 35.5 Å². The summed E-state index contributed by atoms with van der Waals surface area (Å²) >= 11 is 0. The van der Waals surface area contributed by atoms with Crippen molar-refractivity contribution in [2.75, 3.05) is 0 Å². The van der Waals surface area contributed by atoms with Gasteiger partial charge in [0.1, 0.15) is 18.1 Å². The quantitative estimate of drug-likeness (QED) is 0.129. The van der Waals surface area contributed by atoms with E-state index in [1.807, 2.05) is 0 Å². The zero-order valence-corrected chi connectivity index (χ0v) is 18.7. The number of H-pyrrole nitrogens is 1. The molecule has 0 radical (unpaired) electrons. The van der Waals surface area contributed by atoms with Gasteiger partial charge in [-0.05, 0) is 5.92 Å². The molecule has 188 valence electrons. The van der Waals surface area contributed by atoms with Gasteiger partial charge in [0.25, 0.3) is 0 Å². The van der Waals surface area contributed by atoms with E-state index in [0.29, 0.717) is 5.69 Å². The molecular formula is C19H30N8O7. The van der Waals surface area contributed by atoms with E-state index in [2.05, 4.69) is 25.9 Å². The van der Waals surface area contributed by atoms with E-state index in [0.717, 1.165) is 0 Å². The summed E-state index contributed by atoms with van der Waals surface area (Å²) in [6.07, 6.45) is 1.52. The molecule has 0 saturated heterocycles. The Bertz CT molecular complexity index is 902. The summed E-state index contributed by atoms with van der Waals surface area (Å²) in [5.74, 6) is -6.27. The van der Waals surface area contributed by atoms with Gasteiger partial charge in [0.05, 0.1) is 25.2 Å². The molecule has 34 heavy (non-hydrogen) atoms. The first kappa shape index (κ1) is 28.0. The molecule has 0 bridgehead atoms. The lowest BCUT2D eigenvalue weighted by molar-refractivity contribution is -0.143. The Hall–Kier alpha value is -4.01. The van der Waals surface area contributed by atoms with Gasteiger partial charge in [0.15, 0.2) is 0 Å². The maximum atomic E-state index is 13.0. The van der Waals surface area contributed by atoms with Gasteiger partial charge in [-0.25, -0.2) is 9.78 Å². The van der Waals surface area contributed by atoms with E-state index in [4.69, 9.17) is 17.2 Å². The lowest BCUT2D eigenvalue weighted by Crippen LogP contribution is -2.58. The lowest BCUT2D eigenvalue weighted by atomic mass is 10.0. The van der Waals surface area contributed by atoms with E-state index < -0.39 is 78.4 Å². The third-order valence-corrected chi connectivity index (χ3v) is 4.64. The van der Waals surface area contributed by atoms with Crippen LogP contribution in [-0.2, 0) is 35.2 Å². The van der Waals surface area contributed by atoms with Crippen molar-refractivity contribution in [2.24, 2.45) is 23.1 Å². The predicted molar refractivity (Wildman–Crippen MR) is 116 cm³/mol. The minimum atomic E-state index is -1.52. The number of nitrogens with two attached hydrogens (primary N) is 3. The molecule has 1 heterocycles. The SMILES string of the molecule is CC(C)C(NC(=O)C(CC(N)=O)NC(=O)C(Cc1cnc[nH]1)NC(=O)C(N)CC(N)=O)C(=O)O. The average Bonchev–Trinajstić information content (AvgIpc) is 3.22. The third kappa shape index (κ3) is 9.23. The molecular weight excluding hydrogens is 452 g/mol. The highest BCUT2D eigenvalue weighted by Gasteiger charge is 2.32. The number of aromatic nitrogens is 2. The normalized spacial score (nSPS) is 14.4. The molecule has 5 amide bonds. The summed E-state index contributed by atoms with van der Waals surface area (Å²) in [7, 11) is 0. The second-order valence-electron chi connectivity index (χ2n) is 7.92. The minimum absolute atomic E-state index is 0.116. The van der Waals surface area contributed by atoms with Gasteiger partial charge in [0.2, 0.25) is 29.5 Å². The van der Waals surface area contributed by atoms with Crippen molar-refractivity contribution < 1.29 is 33.9 Å². The first-order valence-corrected chi connectivity index (χ1v) is 10.2. The van der Waals surface area contributed by atoms with Gasteiger partial charge in [-0.3, -0.25) is 24.0 Å². The van der Waals surface area contributed by atoms with Crippen LogP contribution in [0.5, 0.6) is 0 Å². The summed E-state index contributed by atoms with van der Waals surface area (Å²) in [4.78, 5) is 78.4. The fourth-order valence-electron chi connectivity index (χ4n) is 2.86. The number of aliphatic carboxylic acids is 1. The number of imidazole rings is 1. The topological polar surface area (TPSA) is 265 Å². The molecule has 0 aliphatic rings. The van der Waals surface area contributed by atoms with E-state index >= 15 is 0 Å².